The van der Waals surface area contributed by atoms with Crippen LogP contribution < -0.4 is 11.1 Å². The van der Waals surface area contributed by atoms with E-state index in [4.69, 9.17) is 45.3 Å². The van der Waals surface area contributed by atoms with Crippen LogP contribution in [0.3, 0.4) is 0 Å². The molecule has 0 saturated heterocycles. The maximum absolute atomic E-state index is 11.9. The molecule has 0 spiro atoms. The van der Waals surface area contributed by atoms with Gasteiger partial charge >= 0.3 is 5.97 Å². The Labute approximate surface area is 152 Å². The molecule has 0 unspecified atom stereocenters. The van der Waals surface area contributed by atoms with Crippen LogP contribution in [0.2, 0.25) is 15.1 Å². The van der Waals surface area contributed by atoms with Crippen LogP contribution >= 0.6 is 34.8 Å². The molecule has 0 aliphatic heterocycles. The molecule has 1 heterocycles. The van der Waals surface area contributed by atoms with E-state index in [-0.39, 0.29) is 22.1 Å². The zero-order valence-corrected chi connectivity index (χ0v) is 14.7. The SMILES string of the molecule is Cc1c(Cl)cnc(NC(=O)COC(=O)c2ccc(Cl)c(N)c2)c1Cl. The summed E-state index contributed by atoms with van der Waals surface area (Å²) in [6, 6.07) is 4.27. The van der Waals surface area contributed by atoms with Crippen LogP contribution in [0, 0.1) is 6.92 Å². The molecule has 24 heavy (non-hydrogen) atoms. The Morgan fingerprint density at radius 2 is 1.96 bits per heavy atom. The van der Waals surface area contributed by atoms with E-state index in [1.54, 1.807) is 6.92 Å². The monoisotopic (exact) mass is 387 g/mol. The summed E-state index contributed by atoms with van der Waals surface area (Å²) in [6.45, 7) is 1.17. The number of carbonyl (C=O) groups is 2. The van der Waals surface area contributed by atoms with Gasteiger partial charge in [-0.2, -0.15) is 0 Å². The lowest BCUT2D eigenvalue weighted by molar-refractivity contribution is -0.119. The highest BCUT2D eigenvalue weighted by molar-refractivity contribution is 6.37. The van der Waals surface area contributed by atoms with E-state index in [0.717, 1.165) is 0 Å². The second-order valence-corrected chi connectivity index (χ2v) is 5.95. The summed E-state index contributed by atoms with van der Waals surface area (Å²) in [5.74, 6) is -1.17. The molecule has 0 bridgehead atoms. The standard InChI is InChI=1S/C15H12Cl3N3O3/c1-7-10(17)5-20-14(13(7)18)21-12(22)6-24-15(23)8-2-3-9(16)11(19)4-8/h2-5H,6,19H2,1H3,(H,20,21,22). The van der Waals surface area contributed by atoms with E-state index in [9.17, 15) is 9.59 Å². The maximum atomic E-state index is 11.9. The van der Waals surface area contributed by atoms with Gasteiger partial charge in [0.15, 0.2) is 12.4 Å². The van der Waals surface area contributed by atoms with Crippen molar-refractivity contribution in [3.8, 4) is 0 Å². The van der Waals surface area contributed by atoms with E-state index >= 15 is 0 Å². The molecule has 1 aromatic carbocycles. The van der Waals surface area contributed by atoms with Crippen molar-refractivity contribution in [3.05, 3.63) is 50.6 Å². The molecule has 0 aliphatic carbocycles. The first kappa shape index (κ1) is 18.3. The van der Waals surface area contributed by atoms with E-state index in [2.05, 4.69) is 10.3 Å². The first-order chi connectivity index (χ1) is 11.3. The molecule has 3 N–H and O–H groups in total. The van der Waals surface area contributed by atoms with Crippen molar-refractivity contribution in [1.29, 1.82) is 0 Å². The molecular formula is C15H12Cl3N3O3. The van der Waals surface area contributed by atoms with Crippen LogP contribution in [0.1, 0.15) is 15.9 Å². The van der Waals surface area contributed by atoms with E-state index in [0.29, 0.717) is 15.6 Å². The fraction of sp³-hybridized carbons (Fsp3) is 0.133. The Morgan fingerprint density at radius 1 is 1.25 bits per heavy atom. The number of hydrogen-bond donors (Lipinski definition) is 2. The quantitative estimate of drug-likeness (QED) is 0.615. The first-order valence-corrected chi connectivity index (χ1v) is 7.75. The third-order valence-corrected chi connectivity index (χ3v) is 4.21. The number of rotatable bonds is 4. The molecule has 0 fully saturated rings. The van der Waals surface area contributed by atoms with Gasteiger partial charge < -0.3 is 15.8 Å². The molecule has 0 radical (unpaired) electrons. The second-order valence-electron chi connectivity index (χ2n) is 4.75. The number of hydrogen-bond acceptors (Lipinski definition) is 5. The number of nitrogens with one attached hydrogen (secondary N) is 1. The number of carbonyl (C=O) groups excluding carboxylic acids is 2. The Kier molecular flexibility index (Phi) is 5.88. The summed E-state index contributed by atoms with van der Waals surface area (Å²) in [6.07, 6.45) is 1.36. The molecule has 0 saturated carbocycles. The van der Waals surface area contributed by atoms with Gasteiger partial charge in [-0.25, -0.2) is 9.78 Å². The number of esters is 1. The van der Waals surface area contributed by atoms with Gasteiger partial charge in [-0.1, -0.05) is 34.8 Å². The van der Waals surface area contributed by atoms with E-state index in [1.807, 2.05) is 0 Å². The number of aromatic nitrogens is 1. The first-order valence-electron chi connectivity index (χ1n) is 6.62. The van der Waals surface area contributed by atoms with E-state index < -0.39 is 18.5 Å². The number of halogens is 3. The van der Waals surface area contributed by atoms with Gasteiger partial charge in [-0.05, 0) is 30.7 Å². The second kappa shape index (κ2) is 7.70. The van der Waals surface area contributed by atoms with Crippen LogP contribution in [-0.4, -0.2) is 23.5 Å². The largest absolute Gasteiger partial charge is 0.452 e. The number of nitrogens with zero attached hydrogens (tertiary/aromatic N) is 1. The van der Waals surface area contributed by atoms with Crippen molar-refractivity contribution in [3.63, 3.8) is 0 Å². The molecule has 6 nitrogen and oxygen atoms in total. The van der Waals surface area contributed by atoms with Gasteiger partial charge in [-0.3, -0.25) is 4.79 Å². The predicted molar refractivity (Wildman–Crippen MR) is 93.8 cm³/mol. The Morgan fingerprint density at radius 3 is 2.62 bits per heavy atom. The molecule has 2 aromatic rings. The smallest absolute Gasteiger partial charge is 0.338 e. The van der Waals surface area contributed by atoms with Crippen LogP contribution in [0.15, 0.2) is 24.4 Å². The predicted octanol–water partition coefficient (Wildman–Crippen LogP) is 3.73. The van der Waals surface area contributed by atoms with Crippen molar-refractivity contribution in [2.75, 3.05) is 17.7 Å². The summed E-state index contributed by atoms with van der Waals surface area (Å²) in [5, 5.41) is 3.36. The molecule has 1 amide bonds. The molecule has 0 atom stereocenters. The summed E-state index contributed by atoms with van der Waals surface area (Å²) >= 11 is 17.7. The van der Waals surface area contributed by atoms with Gasteiger partial charge in [0.1, 0.15) is 0 Å². The highest BCUT2D eigenvalue weighted by Gasteiger charge is 2.14. The average Bonchev–Trinajstić information content (AvgIpc) is 2.55. The van der Waals surface area contributed by atoms with Crippen molar-refractivity contribution in [2.45, 2.75) is 6.92 Å². The third-order valence-electron chi connectivity index (χ3n) is 3.03. The maximum Gasteiger partial charge on any atom is 0.338 e. The molecular weight excluding hydrogens is 377 g/mol. The number of anilines is 2. The lowest BCUT2D eigenvalue weighted by atomic mass is 10.2. The van der Waals surface area contributed by atoms with Gasteiger partial charge in [-0.15, -0.1) is 0 Å². The highest BCUT2D eigenvalue weighted by atomic mass is 35.5. The highest BCUT2D eigenvalue weighted by Crippen LogP contribution is 2.28. The Balaban J connectivity index is 1.97. The molecule has 2 rings (SSSR count). The van der Waals surface area contributed by atoms with Crippen LogP contribution in [0.25, 0.3) is 0 Å². The molecule has 9 heteroatoms. The number of ether oxygens (including phenoxy) is 1. The number of amides is 1. The van der Waals surface area contributed by atoms with Crippen molar-refractivity contribution in [1.82, 2.24) is 4.98 Å². The number of pyridine rings is 1. The fourth-order valence-corrected chi connectivity index (χ4v) is 2.20. The van der Waals surface area contributed by atoms with Crippen molar-refractivity contribution in [2.24, 2.45) is 0 Å². The van der Waals surface area contributed by atoms with Gasteiger partial charge in [0.2, 0.25) is 0 Å². The summed E-state index contributed by atoms with van der Waals surface area (Å²) < 4.78 is 4.90. The molecule has 126 valence electrons. The summed E-state index contributed by atoms with van der Waals surface area (Å²) in [5.41, 5.74) is 6.61. The topological polar surface area (TPSA) is 94.3 Å². The minimum Gasteiger partial charge on any atom is -0.452 e. The normalized spacial score (nSPS) is 10.3. The van der Waals surface area contributed by atoms with Gasteiger partial charge in [0.25, 0.3) is 5.91 Å². The zero-order chi connectivity index (χ0) is 17.9. The minimum atomic E-state index is -0.708. The average molecular weight is 389 g/mol. The Bertz CT molecular complexity index is 812. The van der Waals surface area contributed by atoms with Crippen molar-refractivity contribution < 1.29 is 14.3 Å². The lowest BCUT2D eigenvalue weighted by Gasteiger charge is -2.09. The van der Waals surface area contributed by atoms with Crippen molar-refractivity contribution >= 4 is 58.2 Å². The minimum absolute atomic E-state index is 0.135. The lowest BCUT2D eigenvalue weighted by Crippen LogP contribution is -2.21. The fourth-order valence-electron chi connectivity index (χ4n) is 1.70. The Hall–Kier alpha value is -2.02. The molecule has 1 aromatic heterocycles. The zero-order valence-electron chi connectivity index (χ0n) is 12.4. The molecule has 0 aliphatic rings. The van der Waals surface area contributed by atoms with Crippen LogP contribution in [0.4, 0.5) is 11.5 Å². The number of benzene rings is 1. The number of nitrogen functional groups attached to an aromatic ring is 1. The summed E-state index contributed by atoms with van der Waals surface area (Å²) in [7, 11) is 0. The third kappa shape index (κ3) is 4.29. The van der Waals surface area contributed by atoms with Gasteiger partial charge in [0.05, 0.1) is 26.3 Å². The van der Waals surface area contributed by atoms with E-state index in [1.165, 1.54) is 24.4 Å². The van der Waals surface area contributed by atoms with Crippen LogP contribution in [0.5, 0.6) is 0 Å². The number of nitrogens with two attached hydrogens (primary N) is 1. The van der Waals surface area contributed by atoms with Crippen LogP contribution in [-0.2, 0) is 9.53 Å². The van der Waals surface area contributed by atoms with Gasteiger partial charge in [0, 0.05) is 6.20 Å². The summed E-state index contributed by atoms with van der Waals surface area (Å²) in [4.78, 5) is 27.6.